The monoisotopic (exact) mass is 542 g/mol. The topological polar surface area (TPSA) is 65.0 Å². The molecule has 1 aliphatic heterocycles. The first-order chi connectivity index (χ1) is 13.9. The standard InChI is InChI=1S/C22H30N4O2S.HI/c1-18-5-4-6-20(17-18)25-13-15-26(16-14-25)22(23-2)24-12-11-19-7-9-21(10-8-19)29(3,27)28;/h4-10,17H,11-16H2,1-3H3,(H,23,24);1H. The zero-order chi connectivity index (χ0) is 20.9. The van der Waals surface area contributed by atoms with E-state index in [1.54, 1.807) is 12.1 Å². The van der Waals surface area contributed by atoms with Crippen LogP contribution >= 0.6 is 24.0 Å². The van der Waals surface area contributed by atoms with Gasteiger partial charge in [0.15, 0.2) is 15.8 Å². The summed E-state index contributed by atoms with van der Waals surface area (Å²) in [5.41, 5.74) is 3.67. The van der Waals surface area contributed by atoms with Crippen molar-refractivity contribution >= 4 is 45.5 Å². The van der Waals surface area contributed by atoms with Gasteiger partial charge in [0.25, 0.3) is 0 Å². The summed E-state index contributed by atoms with van der Waals surface area (Å²) in [4.78, 5) is 9.50. The van der Waals surface area contributed by atoms with Crippen LogP contribution in [-0.4, -0.2) is 65.3 Å². The molecule has 1 N–H and O–H groups in total. The van der Waals surface area contributed by atoms with Crippen molar-refractivity contribution in [1.29, 1.82) is 0 Å². The lowest BCUT2D eigenvalue weighted by molar-refractivity contribution is 0.373. The van der Waals surface area contributed by atoms with Crippen molar-refractivity contribution in [3.63, 3.8) is 0 Å². The highest BCUT2D eigenvalue weighted by molar-refractivity contribution is 14.0. The second kappa shape index (κ2) is 11.0. The smallest absolute Gasteiger partial charge is 0.193 e. The molecule has 3 rings (SSSR count). The Hall–Kier alpha value is -1.81. The molecular formula is C22H31IN4O2S. The lowest BCUT2D eigenvalue weighted by atomic mass is 10.1. The number of rotatable bonds is 5. The van der Waals surface area contributed by atoms with Gasteiger partial charge in [-0.05, 0) is 48.7 Å². The molecule has 1 heterocycles. The molecule has 0 atom stereocenters. The number of aryl methyl sites for hydroxylation is 1. The Morgan fingerprint density at radius 1 is 1.07 bits per heavy atom. The first-order valence-corrected chi connectivity index (χ1v) is 11.8. The third-order valence-corrected chi connectivity index (χ3v) is 6.33. The first-order valence-electron chi connectivity index (χ1n) is 9.93. The highest BCUT2D eigenvalue weighted by Crippen LogP contribution is 2.18. The van der Waals surface area contributed by atoms with Crippen molar-refractivity contribution in [2.45, 2.75) is 18.2 Å². The van der Waals surface area contributed by atoms with Crippen LogP contribution in [0.15, 0.2) is 58.4 Å². The summed E-state index contributed by atoms with van der Waals surface area (Å²) < 4.78 is 23.1. The number of hydrogen-bond donors (Lipinski definition) is 1. The zero-order valence-corrected chi connectivity index (χ0v) is 21.0. The number of halogens is 1. The lowest BCUT2D eigenvalue weighted by Crippen LogP contribution is -2.52. The third-order valence-electron chi connectivity index (χ3n) is 5.21. The van der Waals surface area contributed by atoms with Crippen molar-refractivity contribution in [1.82, 2.24) is 10.2 Å². The van der Waals surface area contributed by atoms with Crippen LogP contribution in [0.4, 0.5) is 5.69 Å². The Labute approximate surface area is 197 Å². The first kappa shape index (κ1) is 24.5. The van der Waals surface area contributed by atoms with Gasteiger partial charge in [-0.25, -0.2) is 8.42 Å². The van der Waals surface area contributed by atoms with Gasteiger partial charge in [0.2, 0.25) is 0 Å². The van der Waals surface area contributed by atoms with E-state index in [1.165, 1.54) is 17.5 Å². The number of sulfone groups is 1. The molecule has 1 fully saturated rings. The normalized spacial score (nSPS) is 15.0. The molecule has 0 bridgehead atoms. The van der Waals surface area contributed by atoms with Crippen molar-refractivity contribution in [2.24, 2.45) is 4.99 Å². The average Bonchev–Trinajstić information content (AvgIpc) is 2.71. The number of hydrogen-bond acceptors (Lipinski definition) is 4. The molecule has 1 aliphatic rings. The SMILES string of the molecule is CN=C(NCCc1ccc(S(C)(=O)=O)cc1)N1CCN(c2cccc(C)c2)CC1.I. The summed E-state index contributed by atoms with van der Waals surface area (Å²) >= 11 is 0. The second-order valence-electron chi connectivity index (χ2n) is 7.45. The van der Waals surface area contributed by atoms with Crippen LogP contribution in [-0.2, 0) is 16.3 Å². The maximum atomic E-state index is 11.6. The van der Waals surface area contributed by atoms with Gasteiger partial charge in [0.05, 0.1) is 4.90 Å². The van der Waals surface area contributed by atoms with Gasteiger partial charge < -0.3 is 15.1 Å². The van der Waals surface area contributed by atoms with Gasteiger partial charge in [0.1, 0.15) is 0 Å². The number of guanidine groups is 1. The number of benzene rings is 2. The van der Waals surface area contributed by atoms with Crippen molar-refractivity contribution in [3.05, 3.63) is 59.7 Å². The fraction of sp³-hybridized carbons (Fsp3) is 0.409. The van der Waals surface area contributed by atoms with E-state index >= 15 is 0 Å². The molecule has 8 heteroatoms. The van der Waals surface area contributed by atoms with E-state index in [9.17, 15) is 8.42 Å². The average molecular weight is 542 g/mol. The van der Waals surface area contributed by atoms with Crippen LogP contribution < -0.4 is 10.2 Å². The van der Waals surface area contributed by atoms with E-state index in [-0.39, 0.29) is 24.0 Å². The number of aliphatic imine (C=N–C) groups is 1. The van der Waals surface area contributed by atoms with Crippen LogP contribution in [0.1, 0.15) is 11.1 Å². The molecule has 1 saturated heterocycles. The highest BCUT2D eigenvalue weighted by atomic mass is 127. The van der Waals surface area contributed by atoms with E-state index in [2.05, 4.69) is 51.3 Å². The maximum absolute atomic E-state index is 11.6. The number of anilines is 1. The van der Waals surface area contributed by atoms with Crippen LogP contribution in [0.3, 0.4) is 0 Å². The molecule has 0 spiro atoms. The largest absolute Gasteiger partial charge is 0.368 e. The minimum absolute atomic E-state index is 0. The molecule has 6 nitrogen and oxygen atoms in total. The van der Waals surface area contributed by atoms with Gasteiger partial charge in [-0.15, -0.1) is 24.0 Å². The minimum Gasteiger partial charge on any atom is -0.368 e. The number of nitrogens with zero attached hydrogens (tertiary/aromatic N) is 3. The van der Waals surface area contributed by atoms with Crippen LogP contribution in [0.2, 0.25) is 0 Å². The van der Waals surface area contributed by atoms with Gasteiger partial charge >= 0.3 is 0 Å². The molecule has 2 aromatic rings. The summed E-state index contributed by atoms with van der Waals surface area (Å²) in [6.45, 7) is 6.67. The Morgan fingerprint density at radius 3 is 2.30 bits per heavy atom. The Balaban J connectivity index is 0.00000320. The second-order valence-corrected chi connectivity index (χ2v) is 9.47. The van der Waals surface area contributed by atoms with Crippen LogP contribution in [0, 0.1) is 6.92 Å². The third kappa shape index (κ3) is 6.60. The summed E-state index contributed by atoms with van der Waals surface area (Å²) in [6.07, 6.45) is 2.04. The van der Waals surface area contributed by atoms with Crippen molar-refractivity contribution < 1.29 is 8.42 Å². The molecule has 0 amide bonds. The molecule has 164 valence electrons. The van der Waals surface area contributed by atoms with Gasteiger partial charge in [-0.2, -0.15) is 0 Å². The number of piperazine rings is 1. The predicted molar refractivity (Wildman–Crippen MR) is 135 cm³/mol. The number of nitrogens with one attached hydrogen (secondary N) is 1. The highest BCUT2D eigenvalue weighted by Gasteiger charge is 2.19. The fourth-order valence-corrected chi connectivity index (χ4v) is 4.19. The maximum Gasteiger partial charge on any atom is 0.193 e. The Kier molecular flexibility index (Phi) is 8.96. The Bertz CT molecular complexity index is 953. The molecule has 0 aromatic heterocycles. The molecule has 30 heavy (non-hydrogen) atoms. The molecule has 2 aromatic carbocycles. The summed E-state index contributed by atoms with van der Waals surface area (Å²) in [5, 5.41) is 3.44. The quantitative estimate of drug-likeness (QED) is 0.358. The van der Waals surface area contributed by atoms with Gasteiger partial charge in [-0.1, -0.05) is 24.3 Å². The zero-order valence-electron chi connectivity index (χ0n) is 17.8. The van der Waals surface area contributed by atoms with E-state index < -0.39 is 9.84 Å². The van der Waals surface area contributed by atoms with E-state index in [4.69, 9.17) is 0 Å². The fourth-order valence-electron chi connectivity index (χ4n) is 3.56. The lowest BCUT2D eigenvalue weighted by Gasteiger charge is -2.37. The van der Waals surface area contributed by atoms with E-state index in [0.717, 1.165) is 50.7 Å². The summed E-state index contributed by atoms with van der Waals surface area (Å²) in [6, 6.07) is 15.7. The predicted octanol–water partition coefficient (Wildman–Crippen LogP) is 2.96. The minimum atomic E-state index is -3.14. The van der Waals surface area contributed by atoms with Gasteiger partial charge in [-0.3, -0.25) is 4.99 Å². The summed E-state index contributed by atoms with van der Waals surface area (Å²) in [5.74, 6) is 0.918. The molecular weight excluding hydrogens is 511 g/mol. The molecule has 0 saturated carbocycles. The molecule has 0 radical (unpaired) electrons. The summed E-state index contributed by atoms with van der Waals surface area (Å²) in [7, 11) is -1.33. The van der Waals surface area contributed by atoms with Crippen LogP contribution in [0.5, 0.6) is 0 Å². The van der Waals surface area contributed by atoms with Crippen molar-refractivity contribution in [3.8, 4) is 0 Å². The molecule has 0 unspecified atom stereocenters. The molecule has 0 aliphatic carbocycles. The van der Waals surface area contributed by atoms with Gasteiger partial charge in [0, 0.05) is 51.7 Å². The van der Waals surface area contributed by atoms with Crippen LogP contribution in [0.25, 0.3) is 0 Å². The van der Waals surface area contributed by atoms with E-state index in [1.807, 2.05) is 19.2 Å². The Morgan fingerprint density at radius 2 is 1.73 bits per heavy atom. The van der Waals surface area contributed by atoms with E-state index in [0.29, 0.717) is 4.90 Å². The van der Waals surface area contributed by atoms with Crippen molar-refractivity contribution in [2.75, 3.05) is 50.9 Å².